The lowest BCUT2D eigenvalue weighted by molar-refractivity contribution is 0.906. The lowest BCUT2D eigenvalue weighted by Crippen LogP contribution is -2.13. The van der Waals surface area contributed by atoms with Crippen molar-refractivity contribution in [2.75, 3.05) is 5.32 Å². The number of para-hydroxylation sites is 2. The first-order chi connectivity index (χ1) is 9.22. The van der Waals surface area contributed by atoms with Crippen LogP contribution in [-0.2, 0) is 6.54 Å². The van der Waals surface area contributed by atoms with Crippen LogP contribution in [-0.4, -0.2) is 14.5 Å². The number of benzene rings is 1. The average Bonchev–Trinajstić information content (AvgIpc) is 2.88. The minimum absolute atomic E-state index is 0.684. The summed E-state index contributed by atoms with van der Waals surface area (Å²) in [5.74, 6) is 1.00. The van der Waals surface area contributed by atoms with Crippen LogP contribution in [0.4, 0.5) is 5.00 Å². The van der Waals surface area contributed by atoms with Crippen LogP contribution in [0.3, 0.4) is 0 Å². The van der Waals surface area contributed by atoms with Crippen LogP contribution in [0.25, 0.3) is 22.4 Å². The largest absolute Gasteiger partial charge is 0.340 e. The molecule has 0 saturated carbocycles. The number of thiophene rings is 1. The Morgan fingerprint density at radius 3 is 3.11 bits per heavy atom. The van der Waals surface area contributed by atoms with E-state index in [2.05, 4.69) is 44.6 Å². The van der Waals surface area contributed by atoms with Gasteiger partial charge in [-0.3, -0.25) is 0 Å². The average molecular weight is 397 g/mol. The SMILES string of the molecule is S=C1Cn2c(nc3ccccc32)-c2cc(I)sc2N1. The summed E-state index contributed by atoms with van der Waals surface area (Å²) in [6, 6.07) is 10.4. The molecule has 0 unspecified atom stereocenters. The molecule has 0 fully saturated rings. The number of aromatic nitrogens is 2. The number of halogens is 1. The second-order valence-corrected chi connectivity index (χ2v) is 7.79. The van der Waals surface area contributed by atoms with Gasteiger partial charge in [0.15, 0.2) is 0 Å². The smallest absolute Gasteiger partial charge is 0.144 e. The minimum atomic E-state index is 0.684. The van der Waals surface area contributed by atoms with E-state index in [1.165, 1.54) is 2.88 Å². The third-order valence-corrected chi connectivity index (χ3v) is 5.19. The standard InChI is InChI=1S/C13H8IN3S2/c14-10-5-7-12-15-8-3-1-2-4-9(8)17(12)6-11(18)16-13(7)19-10/h1-5H,6H2,(H,16,18). The summed E-state index contributed by atoms with van der Waals surface area (Å²) in [4.78, 5) is 5.60. The first-order valence-corrected chi connectivity index (χ1v) is 8.07. The third-order valence-electron chi connectivity index (χ3n) is 3.15. The van der Waals surface area contributed by atoms with Crippen LogP contribution in [0, 0.1) is 2.88 Å². The highest BCUT2D eigenvalue weighted by molar-refractivity contribution is 14.1. The van der Waals surface area contributed by atoms with E-state index in [0.29, 0.717) is 6.54 Å². The monoisotopic (exact) mass is 397 g/mol. The highest BCUT2D eigenvalue weighted by Crippen LogP contribution is 2.39. The van der Waals surface area contributed by atoms with E-state index in [4.69, 9.17) is 17.2 Å². The van der Waals surface area contributed by atoms with E-state index in [9.17, 15) is 0 Å². The predicted octanol–water partition coefficient (Wildman–Crippen LogP) is 4.12. The molecule has 0 amide bonds. The Balaban J connectivity index is 2.10. The number of imidazole rings is 1. The molecule has 1 aliphatic rings. The number of fused-ring (bicyclic) bond motifs is 5. The highest BCUT2D eigenvalue weighted by Gasteiger charge is 2.22. The molecule has 4 rings (SSSR count). The molecule has 0 spiro atoms. The van der Waals surface area contributed by atoms with Gasteiger partial charge in [-0.1, -0.05) is 24.4 Å². The summed E-state index contributed by atoms with van der Waals surface area (Å²) in [7, 11) is 0. The van der Waals surface area contributed by atoms with Crippen molar-refractivity contribution in [3.05, 3.63) is 33.2 Å². The van der Waals surface area contributed by atoms with Gasteiger partial charge >= 0.3 is 0 Å². The van der Waals surface area contributed by atoms with Crippen molar-refractivity contribution in [1.29, 1.82) is 0 Å². The molecular weight excluding hydrogens is 389 g/mol. The van der Waals surface area contributed by atoms with Crippen LogP contribution >= 0.6 is 46.1 Å². The molecule has 0 atom stereocenters. The van der Waals surface area contributed by atoms with Crippen molar-refractivity contribution in [2.24, 2.45) is 0 Å². The van der Waals surface area contributed by atoms with Crippen molar-refractivity contribution in [2.45, 2.75) is 6.54 Å². The van der Waals surface area contributed by atoms with E-state index >= 15 is 0 Å². The fourth-order valence-electron chi connectivity index (χ4n) is 2.37. The fraction of sp³-hybridized carbons (Fsp3) is 0.0769. The minimum Gasteiger partial charge on any atom is -0.340 e. The van der Waals surface area contributed by atoms with Gasteiger partial charge in [-0.15, -0.1) is 11.3 Å². The Kier molecular flexibility index (Phi) is 2.64. The van der Waals surface area contributed by atoms with E-state index in [1.807, 2.05) is 18.2 Å². The third kappa shape index (κ3) is 1.81. The molecule has 0 saturated heterocycles. The maximum Gasteiger partial charge on any atom is 0.144 e. The van der Waals surface area contributed by atoms with Crippen molar-refractivity contribution in [3.63, 3.8) is 0 Å². The Morgan fingerprint density at radius 2 is 2.21 bits per heavy atom. The van der Waals surface area contributed by atoms with Crippen LogP contribution < -0.4 is 5.32 Å². The topological polar surface area (TPSA) is 29.9 Å². The Labute approximate surface area is 132 Å². The maximum absolute atomic E-state index is 5.43. The quantitative estimate of drug-likeness (QED) is 0.457. The lowest BCUT2D eigenvalue weighted by Gasteiger charge is -2.05. The van der Waals surface area contributed by atoms with Gasteiger partial charge in [0.2, 0.25) is 0 Å². The molecule has 0 aliphatic carbocycles. The molecule has 3 aromatic rings. The number of hydrogen-bond acceptors (Lipinski definition) is 3. The zero-order valence-corrected chi connectivity index (χ0v) is 13.5. The van der Waals surface area contributed by atoms with Gasteiger partial charge in [-0.25, -0.2) is 4.98 Å². The predicted molar refractivity (Wildman–Crippen MR) is 92.0 cm³/mol. The van der Waals surface area contributed by atoms with Crippen molar-refractivity contribution >= 4 is 67.2 Å². The molecule has 1 N–H and O–H groups in total. The molecule has 6 heteroatoms. The summed E-state index contributed by atoms with van der Waals surface area (Å²) in [5.41, 5.74) is 3.30. The number of thiocarbonyl (C=S) groups is 1. The maximum atomic E-state index is 5.43. The Morgan fingerprint density at radius 1 is 1.37 bits per heavy atom. The van der Waals surface area contributed by atoms with E-state index in [0.717, 1.165) is 32.4 Å². The fourth-order valence-corrected chi connectivity index (χ4v) is 4.44. The molecular formula is C13H8IN3S2. The summed E-state index contributed by atoms with van der Waals surface area (Å²) in [5, 5.41) is 4.43. The molecule has 1 aliphatic heterocycles. The second kappa shape index (κ2) is 4.26. The summed E-state index contributed by atoms with van der Waals surface area (Å²) in [6.07, 6.45) is 0. The zero-order valence-electron chi connectivity index (χ0n) is 9.68. The molecule has 2 aromatic heterocycles. The van der Waals surface area contributed by atoms with Gasteiger partial charge in [0.05, 0.1) is 26.0 Å². The van der Waals surface area contributed by atoms with Crippen LogP contribution in [0.15, 0.2) is 30.3 Å². The normalized spacial score (nSPS) is 13.8. The van der Waals surface area contributed by atoms with Gasteiger partial charge in [0, 0.05) is 0 Å². The number of rotatable bonds is 0. The van der Waals surface area contributed by atoms with Gasteiger partial charge in [0.1, 0.15) is 15.8 Å². The van der Waals surface area contributed by atoms with Crippen LogP contribution in [0.5, 0.6) is 0 Å². The highest BCUT2D eigenvalue weighted by atomic mass is 127. The molecule has 3 heterocycles. The molecule has 0 bridgehead atoms. The first-order valence-electron chi connectivity index (χ1n) is 5.77. The summed E-state index contributed by atoms with van der Waals surface area (Å²) in [6.45, 7) is 0.684. The van der Waals surface area contributed by atoms with Crippen molar-refractivity contribution in [1.82, 2.24) is 9.55 Å². The van der Waals surface area contributed by atoms with E-state index in [-0.39, 0.29) is 0 Å². The van der Waals surface area contributed by atoms with Crippen LogP contribution in [0.1, 0.15) is 0 Å². The summed E-state index contributed by atoms with van der Waals surface area (Å²) < 4.78 is 3.43. The molecule has 19 heavy (non-hydrogen) atoms. The van der Waals surface area contributed by atoms with Gasteiger partial charge in [-0.2, -0.15) is 0 Å². The summed E-state index contributed by atoms with van der Waals surface area (Å²) >= 11 is 9.48. The molecule has 1 aromatic carbocycles. The van der Waals surface area contributed by atoms with Crippen molar-refractivity contribution in [3.8, 4) is 11.4 Å². The molecule has 94 valence electrons. The zero-order chi connectivity index (χ0) is 13.0. The molecule has 0 radical (unpaired) electrons. The number of nitrogens with zero attached hydrogens (tertiary/aromatic N) is 2. The lowest BCUT2D eigenvalue weighted by atomic mass is 10.3. The Bertz CT molecular complexity index is 819. The van der Waals surface area contributed by atoms with Gasteiger partial charge < -0.3 is 9.88 Å². The number of anilines is 1. The van der Waals surface area contributed by atoms with E-state index in [1.54, 1.807) is 11.3 Å². The number of hydrogen-bond donors (Lipinski definition) is 1. The Hall–Kier alpha value is -0.990. The van der Waals surface area contributed by atoms with Crippen LogP contribution in [0.2, 0.25) is 0 Å². The first kappa shape index (κ1) is 11.8. The second-order valence-electron chi connectivity index (χ2n) is 4.35. The van der Waals surface area contributed by atoms with Crippen molar-refractivity contribution < 1.29 is 0 Å². The molecule has 3 nitrogen and oxygen atoms in total. The van der Waals surface area contributed by atoms with Gasteiger partial charge in [0.25, 0.3) is 0 Å². The van der Waals surface area contributed by atoms with Gasteiger partial charge in [-0.05, 0) is 40.8 Å². The number of nitrogens with one attached hydrogen (secondary N) is 1. The van der Waals surface area contributed by atoms with E-state index < -0.39 is 0 Å².